The van der Waals surface area contributed by atoms with Gasteiger partial charge in [0.15, 0.2) is 0 Å². The van der Waals surface area contributed by atoms with E-state index in [1.807, 2.05) is 0 Å². The summed E-state index contributed by atoms with van der Waals surface area (Å²) in [6.45, 7) is 0. The minimum absolute atomic E-state index is 0.0164. The van der Waals surface area contributed by atoms with Crippen LogP contribution in [0, 0.1) is 0 Å². The molecule has 0 bridgehead atoms. The Hall–Kier alpha value is -1.18. The van der Waals surface area contributed by atoms with E-state index in [4.69, 9.17) is 26.8 Å². The minimum Gasteiger partial charge on any atom is -0.480 e. The third-order valence-corrected chi connectivity index (χ3v) is 1.79. The van der Waals surface area contributed by atoms with Crippen molar-refractivity contribution in [1.29, 1.82) is 0 Å². The van der Waals surface area contributed by atoms with Crippen molar-refractivity contribution in [2.24, 2.45) is 11.5 Å². The van der Waals surface area contributed by atoms with Gasteiger partial charge in [0.05, 0.1) is 6.10 Å². The van der Waals surface area contributed by atoms with Gasteiger partial charge in [-0.05, 0) is 12.8 Å². The quantitative estimate of drug-likeness (QED) is 0.336. The largest absolute Gasteiger partial charge is 0.480 e. The number of aliphatic hydroxyl groups excluding tert-OH is 1. The number of aliphatic carboxylic acids is 2. The lowest BCUT2D eigenvalue weighted by Gasteiger charge is -2.15. The molecule has 0 aliphatic rings. The van der Waals surface area contributed by atoms with Crippen molar-refractivity contribution in [2.75, 3.05) is 0 Å². The Kier molecular flexibility index (Phi) is 5.06. The molecule has 0 aromatic carbocycles. The Bertz CT molecular complexity index is 220. The smallest absolute Gasteiger partial charge is 0.323 e. The van der Waals surface area contributed by atoms with E-state index in [0.717, 1.165) is 0 Å². The summed E-state index contributed by atoms with van der Waals surface area (Å²) in [7, 11) is 0. The fourth-order valence-corrected chi connectivity index (χ4v) is 0.818. The van der Waals surface area contributed by atoms with Crippen molar-refractivity contribution in [1.82, 2.24) is 0 Å². The molecule has 0 radical (unpaired) electrons. The maximum Gasteiger partial charge on any atom is 0.323 e. The molecule has 7 heteroatoms. The molecule has 0 rings (SSSR count). The number of hydrogen-bond acceptors (Lipinski definition) is 5. The van der Waals surface area contributed by atoms with Crippen LogP contribution in [0.1, 0.15) is 12.8 Å². The van der Waals surface area contributed by atoms with Crippen molar-refractivity contribution in [3.63, 3.8) is 0 Å². The van der Waals surface area contributed by atoms with E-state index in [1.54, 1.807) is 0 Å². The fraction of sp³-hybridized carbons (Fsp3) is 0.714. The van der Waals surface area contributed by atoms with Crippen LogP contribution >= 0.6 is 0 Å². The SMILES string of the molecule is N[C@H](C(=O)O)[C@H](O)CC[C@H](N)C(=O)O. The highest BCUT2D eigenvalue weighted by atomic mass is 16.4. The van der Waals surface area contributed by atoms with Crippen molar-refractivity contribution < 1.29 is 24.9 Å². The standard InChI is InChI=1S/C7H14N2O5/c8-3(6(11)12)1-2-4(10)5(9)7(13)14/h3-5,10H,1-2,8-9H2,(H,11,12)(H,13,14)/t3-,4+,5-/m0/s1. The molecule has 0 fully saturated rings. The summed E-state index contributed by atoms with van der Waals surface area (Å²) in [6, 6.07) is -2.51. The molecule has 0 aliphatic carbocycles. The molecule has 0 spiro atoms. The summed E-state index contributed by atoms with van der Waals surface area (Å²) < 4.78 is 0. The van der Waals surface area contributed by atoms with Crippen LogP contribution in [0.4, 0.5) is 0 Å². The van der Waals surface area contributed by atoms with E-state index < -0.39 is 30.1 Å². The van der Waals surface area contributed by atoms with Gasteiger partial charge < -0.3 is 26.8 Å². The van der Waals surface area contributed by atoms with Crippen molar-refractivity contribution in [3.05, 3.63) is 0 Å². The fourth-order valence-electron chi connectivity index (χ4n) is 0.818. The van der Waals surface area contributed by atoms with Crippen molar-refractivity contribution in [3.8, 4) is 0 Å². The van der Waals surface area contributed by atoms with Gasteiger partial charge in [-0.15, -0.1) is 0 Å². The molecule has 0 aromatic heterocycles. The Morgan fingerprint density at radius 3 is 1.93 bits per heavy atom. The third kappa shape index (κ3) is 4.17. The van der Waals surface area contributed by atoms with Gasteiger partial charge in [0, 0.05) is 0 Å². The molecular weight excluding hydrogens is 192 g/mol. The van der Waals surface area contributed by atoms with Crippen LogP contribution in [0.25, 0.3) is 0 Å². The molecule has 0 heterocycles. The van der Waals surface area contributed by atoms with Gasteiger partial charge in [-0.2, -0.15) is 0 Å². The second-order valence-electron chi connectivity index (χ2n) is 2.95. The number of nitrogens with two attached hydrogens (primary N) is 2. The maximum absolute atomic E-state index is 10.3. The first-order chi connectivity index (χ1) is 6.36. The van der Waals surface area contributed by atoms with Crippen LogP contribution in [0.3, 0.4) is 0 Å². The van der Waals surface area contributed by atoms with E-state index >= 15 is 0 Å². The molecular formula is C7H14N2O5. The molecule has 0 aromatic rings. The van der Waals surface area contributed by atoms with Crippen LogP contribution in [-0.4, -0.2) is 45.4 Å². The number of hydrogen-bond donors (Lipinski definition) is 5. The van der Waals surface area contributed by atoms with Crippen molar-refractivity contribution >= 4 is 11.9 Å². The monoisotopic (exact) mass is 206 g/mol. The Morgan fingerprint density at radius 1 is 1.07 bits per heavy atom. The average molecular weight is 206 g/mol. The molecule has 0 aliphatic heterocycles. The molecule has 7 N–H and O–H groups in total. The first kappa shape index (κ1) is 12.8. The second-order valence-corrected chi connectivity index (χ2v) is 2.95. The van der Waals surface area contributed by atoms with Crippen LogP contribution in [0.2, 0.25) is 0 Å². The summed E-state index contributed by atoms with van der Waals surface area (Å²) in [5, 5.41) is 25.9. The van der Waals surface area contributed by atoms with Crippen LogP contribution in [-0.2, 0) is 9.59 Å². The topological polar surface area (TPSA) is 147 Å². The van der Waals surface area contributed by atoms with Gasteiger partial charge in [0.25, 0.3) is 0 Å². The highest BCUT2D eigenvalue weighted by molar-refractivity contribution is 5.74. The van der Waals surface area contributed by atoms with Gasteiger partial charge in [-0.1, -0.05) is 0 Å². The number of rotatable bonds is 6. The molecule has 3 atom stereocenters. The lowest BCUT2D eigenvalue weighted by Crippen LogP contribution is -2.43. The summed E-state index contributed by atoms with van der Waals surface area (Å²) in [5.74, 6) is -2.53. The first-order valence-corrected chi connectivity index (χ1v) is 4.01. The Balaban J connectivity index is 3.90. The Labute approximate surface area is 80.3 Å². The molecule has 82 valence electrons. The zero-order valence-corrected chi connectivity index (χ0v) is 7.46. The molecule has 14 heavy (non-hydrogen) atoms. The predicted molar refractivity (Wildman–Crippen MR) is 46.5 cm³/mol. The number of carbonyl (C=O) groups is 2. The van der Waals surface area contributed by atoms with E-state index in [1.165, 1.54) is 0 Å². The predicted octanol–water partition coefficient (Wildman–Crippen LogP) is -2.05. The molecule has 0 saturated heterocycles. The summed E-state index contributed by atoms with van der Waals surface area (Å²) in [4.78, 5) is 20.5. The van der Waals surface area contributed by atoms with Crippen LogP contribution in [0.5, 0.6) is 0 Å². The zero-order chi connectivity index (χ0) is 11.3. The molecule has 7 nitrogen and oxygen atoms in total. The summed E-state index contributed by atoms with van der Waals surface area (Å²) >= 11 is 0. The molecule has 0 saturated carbocycles. The van der Waals surface area contributed by atoms with Crippen LogP contribution in [0.15, 0.2) is 0 Å². The minimum atomic E-state index is -1.41. The maximum atomic E-state index is 10.3. The van der Waals surface area contributed by atoms with Gasteiger partial charge in [-0.25, -0.2) is 0 Å². The number of carboxylic acid groups (broad SMARTS) is 2. The summed E-state index contributed by atoms with van der Waals surface area (Å²) in [6.07, 6.45) is -1.35. The number of aliphatic hydroxyl groups is 1. The highest BCUT2D eigenvalue weighted by Gasteiger charge is 2.23. The lowest BCUT2D eigenvalue weighted by atomic mass is 10.0. The highest BCUT2D eigenvalue weighted by Crippen LogP contribution is 2.03. The normalized spacial score (nSPS) is 17.1. The van der Waals surface area contributed by atoms with E-state index in [9.17, 15) is 9.59 Å². The zero-order valence-electron chi connectivity index (χ0n) is 7.46. The molecule has 0 unspecified atom stereocenters. The second kappa shape index (κ2) is 5.53. The van der Waals surface area contributed by atoms with Gasteiger partial charge >= 0.3 is 11.9 Å². The average Bonchev–Trinajstić information content (AvgIpc) is 2.11. The summed E-state index contributed by atoms with van der Waals surface area (Å²) in [5.41, 5.74) is 10.2. The third-order valence-electron chi connectivity index (χ3n) is 1.79. The number of carboxylic acids is 2. The van der Waals surface area contributed by atoms with Crippen molar-refractivity contribution in [2.45, 2.75) is 31.0 Å². The first-order valence-electron chi connectivity index (χ1n) is 4.01. The van der Waals surface area contributed by atoms with Gasteiger partial charge in [-0.3, -0.25) is 9.59 Å². The molecule has 0 amide bonds. The van der Waals surface area contributed by atoms with E-state index in [-0.39, 0.29) is 12.8 Å². The van der Waals surface area contributed by atoms with Crippen LogP contribution < -0.4 is 11.5 Å². The van der Waals surface area contributed by atoms with Gasteiger partial charge in [0.1, 0.15) is 12.1 Å². The van der Waals surface area contributed by atoms with E-state index in [2.05, 4.69) is 0 Å². The van der Waals surface area contributed by atoms with E-state index in [0.29, 0.717) is 0 Å². The Morgan fingerprint density at radius 2 is 1.57 bits per heavy atom. The lowest BCUT2D eigenvalue weighted by molar-refractivity contribution is -0.141. The van der Waals surface area contributed by atoms with Gasteiger partial charge in [0.2, 0.25) is 0 Å².